The third-order valence-corrected chi connectivity index (χ3v) is 2.40. The van der Waals surface area contributed by atoms with Crippen molar-refractivity contribution < 1.29 is 4.79 Å². The number of hydrogen-bond acceptors (Lipinski definition) is 2. The number of carbonyl (C=O) groups is 1. The summed E-state index contributed by atoms with van der Waals surface area (Å²) in [5.74, 6) is 0.0742. The number of pyridine rings is 1. The van der Waals surface area contributed by atoms with Crippen LogP contribution in [-0.4, -0.2) is 10.8 Å². The second-order valence-electron chi connectivity index (χ2n) is 3.98. The molecule has 0 aliphatic rings. The van der Waals surface area contributed by atoms with Gasteiger partial charge in [0.2, 0.25) is 0 Å². The molecule has 0 aliphatic heterocycles. The van der Waals surface area contributed by atoms with Crippen LogP contribution in [0.1, 0.15) is 35.5 Å². The molecule has 1 heterocycles. The van der Waals surface area contributed by atoms with Crippen molar-refractivity contribution >= 4 is 17.9 Å². The molecule has 0 aromatic carbocycles. The van der Waals surface area contributed by atoms with Crippen molar-refractivity contribution in [3.63, 3.8) is 0 Å². The summed E-state index contributed by atoms with van der Waals surface area (Å²) in [6, 6.07) is 1.75. The highest BCUT2D eigenvalue weighted by Crippen LogP contribution is 2.19. The molecule has 17 heavy (non-hydrogen) atoms. The highest BCUT2D eigenvalue weighted by atomic mass is 16.1. The molecule has 0 fully saturated rings. The van der Waals surface area contributed by atoms with E-state index in [9.17, 15) is 4.79 Å². The molecular formula is C15H17NO. The van der Waals surface area contributed by atoms with E-state index in [0.717, 1.165) is 11.3 Å². The normalized spacial score (nSPS) is 10.8. The molecule has 1 aromatic rings. The maximum Gasteiger partial charge on any atom is 0.166 e. The molecule has 0 N–H and O–H groups in total. The van der Waals surface area contributed by atoms with Gasteiger partial charge in [-0.25, -0.2) is 0 Å². The molecule has 0 unspecified atom stereocenters. The first-order valence-electron chi connectivity index (χ1n) is 5.56. The largest absolute Gasteiger partial charge is 0.294 e. The fourth-order valence-electron chi connectivity index (χ4n) is 1.52. The SMILES string of the molecule is C=C/C=C\c1c(C(=O)C(C)C)ccnc1C=C. The second-order valence-corrected chi connectivity index (χ2v) is 3.98. The second kappa shape index (κ2) is 5.94. The van der Waals surface area contributed by atoms with Gasteiger partial charge in [0.05, 0.1) is 5.69 Å². The zero-order valence-electron chi connectivity index (χ0n) is 10.3. The summed E-state index contributed by atoms with van der Waals surface area (Å²) in [6.45, 7) is 11.1. The molecule has 0 spiro atoms. The maximum absolute atomic E-state index is 12.1. The van der Waals surface area contributed by atoms with Crippen LogP contribution >= 0.6 is 0 Å². The number of Topliss-reactive ketones (excluding diaryl/α,β-unsaturated/α-hetero) is 1. The minimum atomic E-state index is -0.0362. The Balaban J connectivity index is 3.38. The van der Waals surface area contributed by atoms with Crippen molar-refractivity contribution in [3.8, 4) is 0 Å². The van der Waals surface area contributed by atoms with Gasteiger partial charge in [0, 0.05) is 23.2 Å². The van der Waals surface area contributed by atoms with E-state index in [-0.39, 0.29) is 11.7 Å². The Hall–Kier alpha value is -1.96. The molecule has 0 amide bonds. The van der Waals surface area contributed by atoms with Crippen LogP contribution in [0.25, 0.3) is 12.2 Å². The van der Waals surface area contributed by atoms with E-state index in [0.29, 0.717) is 5.56 Å². The van der Waals surface area contributed by atoms with Gasteiger partial charge < -0.3 is 0 Å². The van der Waals surface area contributed by atoms with Crippen molar-refractivity contribution in [2.75, 3.05) is 0 Å². The Morgan fingerprint density at radius 3 is 2.65 bits per heavy atom. The molecule has 88 valence electrons. The van der Waals surface area contributed by atoms with Gasteiger partial charge in [-0.3, -0.25) is 9.78 Å². The molecule has 0 radical (unpaired) electrons. The highest BCUT2D eigenvalue weighted by molar-refractivity contribution is 6.01. The molecule has 0 saturated carbocycles. The van der Waals surface area contributed by atoms with Crippen LogP contribution in [0.5, 0.6) is 0 Å². The molecule has 2 heteroatoms. The lowest BCUT2D eigenvalue weighted by molar-refractivity contribution is 0.0939. The first-order chi connectivity index (χ1) is 8.11. The predicted octanol–water partition coefficient (Wildman–Crippen LogP) is 3.76. The lowest BCUT2D eigenvalue weighted by atomic mass is 9.95. The highest BCUT2D eigenvalue weighted by Gasteiger charge is 2.15. The summed E-state index contributed by atoms with van der Waals surface area (Å²) >= 11 is 0. The minimum Gasteiger partial charge on any atom is -0.294 e. The Morgan fingerprint density at radius 2 is 2.12 bits per heavy atom. The summed E-state index contributed by atoms with van der Waals surface area (Å²) in [7, 11) is 0. The van der Waals surface area contributed by atoms with Crippen molar-refractivity contribution in [3.05, 3.63) is 54.4 Å². The Bertz CT molecular complexity index is 470. The summed E-state index contributed by atoms with van der Waals surface area (Å²) in [5.41, 5.74) is 2.21. The van der Waals surface area contributed by atoms with E-state index in [1.807, 2.05) is 19.9 Å². The van der Waals surface area contributed by atoms with E-state index >= 15 is 0 Å². The Kier molecular flexibility index (Phi) is 4.58. The van der Waals surface area contributed by atoms with Gasteiger partial charge in [0.15, 0.2) is 5.78 Å². The quantitative estimate of drug-likeness (QED) is 0.566. The molecule has 0 atom stereocenters. The summed E-state index contributed by atoms with van der Waals surface area (Å²) in [5, 5.41) is 0. The van der Waals surface area contributed by atoms with Crippen molar-refractivity contribution in [1.82, 2.24) is 4.98 Å². The van der Waals surface area contributed by atoms with E-state index in [1.54, 1.807) is 30.5 Å². The number of allylic oxidation sites excluding steroid dienone is 2. The average molecular weight is 227 g/mol. The number of aromatic nitrogens is 1. The number of nitrogens with zero attached hydrogens (tertiary/aromatic N) is 1. The molecule has 0 saturated heterocycles. The average Bonchev–Trinajstić information content (AvgIpc) is 2.34. The third-order valence-electron chi connectivity index (χ3n) is 2.40. The van der Waals surface area contributed by atoms with E-state index < -0.39 is 0 Å². The van der Waals surface area contributed by atoms with Crippen LogP contribution in [0.15, 0.2) is 37.6 Å². The third kappa shape index (κ3) is 3.00. The summed E-state index contributed by atoms with van der Waals surface area (Å²) in [4.78, 5) is 16.3. The number of ketones is 1. The molecule has 1 aromatic heterocycles. The number of hydrogen-bond donors (Lipinski definition) is 0. The fourth-order valence-corrected chi connectivity index (χ4v) is 1.52. The first kappa shape index (κ1) is 13.1. The van der Waals surface area contributed by atoms with Crippen LogP contribution in [0, 0.1) is 5.92 Å². The van der Waals surface area contributed by atoms with Crippen LogP contribution in [0.2, 0.25) is 0 Å². The molecule has 1 rings (SSSR count). The van der Waals surface area contributed by atoms with Gasteiger partial charge in [-0.05, 0) is 12.1 Å². The smallest absolute Gasteiger partial charge is 0.166 e. The van der Waals surface area contributed by atoms with Crippen molar-refractivity contribution in [1.29, 1.82) is 0 Å². The van der Waals surface area contributed by atoms with Gasteiger partial charge in [-0.15, -0.1) is 0 Å². The molecule has 2 nitrogen and oxygen atoms in total. The van der Waals surface area contributed by atoms with Crippen molar-refractivity contribution in [2.24, 2.45) is 5.92 Å². The van der Waals surface area contributed by atoms with E-state index in [4.69, 9.17) is 0 Å². The predicted molar refractivity (Wildman–Crippen MR) is 72.7 cm³/mol. The monoisotopic (exact) mass is 227 g/mol. The molecule has 0 bridgehead atoms. The Labute approximate surface area is 102 Å². The zero-order valence-corrected chi connectivity index (χ0v) is 10.3. The number of rotatable bonds is 5. The van der Waals surface area contributed by atoms with Crippen LogP contribution in [-0.2, 0) is 0 Å². The van der Waals surface area contributed by atoms with Crippen LogP contribution in [0.4, 0.5) is 0 Å². The van der Waals surface area contributed by atoms with Gasteiger partial charge in [-0.2, -0.15) is 0 Å². The molecular weight excluding hydrogens is 210 g/mol. The van der Waals surface area contributed by atoms with E-state index in [1.165, 1.54) is 0 Å². The summed E-state index contributed by atoms with van der Waals surface area (Å²) in [6.07, 6.45) is 8.59. The van der Waals surface area contributed by atoms with E-state index in [2.05, 4.69) is 18.1 Å². The van der Waals surface area contributed by atoms with Crippen molar-refractivity contribution in [2.45, 2.75) is 13.8 Å². The van der Waals surface area contributed by atoms with Crippen LogP contribution in [0.3, 0.4) is 0 Å². The van der Waals surface area contributed by atoms with Gasteiger partial charge in [0.1, 0.15) is 0 Å². The lowest BCUT2D eigenvalue weighted by Crippen LogP contribution is -2.10. The van der Waals surface area contributed by atoms with Gasteiger partial charge >= 0.3 is 0 Å². The topological polar surface area (TPSA) is 30.0 Å². The van der Waals surface area contributed by atoms with Crippen LogP contribution < -0.4 is 0 Å². The zero-order chi connectivity index (χ0) is 12.8. The standard InChI is InChI=1S/C15H17NO/c1-5-7-8-12-13(15(17)11(3)4)9-10-16-14(12)6-2/h5-11H,1-2H2,3-4H3/b8-7-. The summed E-state index contributed by atoms with van der Waals surface area (Å²) < 4.78 is 0. The first-order valence-corrected chi connectivity index (χ1v) is 5.56. The molecule has 0 aliphatic carbocycles. The number of carbonyl (C=O) groups excluding carboxylic acids is 1. The Morgan fingerprint density at radius 1 is 1.41 bits per heavy atom. The lowest BCUT2D eigenvalue weighted by Gasteiger charge is -2.09. The maximum atomic E-state index is 12.1. The van der Waals surface area contributed by atoms with Gasteiger partial charge in [0.25, 0.3) is 0 Å². The minimum absolute atomic E-state index is 0.0362. The fraction of sp³-hybridized carbons (Fsp3) is 0.200. The van der Waals surface area contributed by atoms with Gasteiger partial charge in [-0.1, -0.05) is 45.2 Å².